The van der Waals surface area contributed by atoms with E-state index in [1.54, 1.807) is 0 Å². The molecular formula is C14H21ClN2S. The highest BCUT2D eigenvalue weighted by molar-refractivity contribution is 7.80. The lowest BCUT2D eigenvalue weighted by Crippen LogP contribution is -2.36. The second-order valence-corrected chi connectivity index (χ2v) is 5.82. The molecule has 0 bridgehead atoms. The van der Waals surface area contributed by atoms with Crippen molar-refractivity contribution in [1.29, 1.82) is 0 Å². The SMILES string of the molecule is CC(C)CC[C@H](C)NC(=S)Nc1ccc(Cl)cc1. The van der Waals surface area contributed by atoms with E-state index < -0.39 is 0 Å². The summed E-state index contributed by atoms with van der Waals surface area (Å²) in [5.41, 5.74) is 0.952. The molecule has 0 heterocycles. The zero-order valence-corrected chi connectivity index (χ0v) is 12.7. The van der Waals surface area contributed by atoms with E-state index in [0.29, 0.717) is 11.2 Å². The van der Waals surface area contributed by atoms with E-state index in [1.165, 1.54) is 6.42 Å². The molecule has 2 N–H and O–H groups in total. The van der Waals surface area contributed by atoms with Crippen LogP contribution in [0.1, 0.15) is 33.6 Å². The van der Waals surface area contributed by atoms with Gasteiger partial charge in [0.1, 0.15) is 0 Å². The minimum Gasteiger partial charge on any atom is -0.360 e. The standard InChI is InChI=1S/C14H21ClN2S/c1-10(2)4-5-11(3)16-14(18)17-13-8-6-12(15)7-9-13/h6-11H,4-5H2,1-3H3,(H2,16,17,18)/t11-/m0/s1. The van der Waals surface area contributed by atoms with Crippen LogP contribution in [0.25, 0.3) is 0 Å². The van der Waals surface area contributed by atoms with Crippen LogP contribution in [0.4, 0.5) is 5.69 Å². The first-order chi connectivity index (χ1) is 8.47. The van der Waals surface area contributed by atoms with Crippen molar-refractivity contribution < 1.29 is 0 Å². The van der Waals surface area contributed by atoms with Crippen LogP contribution in [0.2, 0.25) is 5.02 Å². The fraction of sp³-hybridized carbons (Fsp3) is 0.500. The summed E-state index contributed by atoms with van der Waals surface area (Å²) in [7, 11) is 0. The molecule has 4 heteroatoms. The average Bonchev–Trinajstić information content (AvgIpc) is 2.29. The molecule has 0 aliphatic carbocycles. The molecule has 0 saturated heterocycles. The van der Waals surface area contributed by atoms with E-state index in [9.17, 15) is 0 Å². The lowest BCUT2D eigenvalue weighted by atomic mass is 10.0. The lowest BCUT2D eigenvalue weighted by molar-refractivity contribution is 0.494. The molecule has 1 atom stereocenters. The lowest BCUT2D eigenvalue weighted by Gasteiger charge is -2.17. The van der Waals surface area contributed by atoms with Gasteiger partial charge in [-0.3, -0.25) is 0 Å². The van der Waals surface area contributed by atoms with E-state index in [0.717, 1.165) is 23.0 Å². The van der Waals surface area contributed by atoms with Gasteiger partial charge in [0.25, 0.3) is 0 Å². The van der Waals surface area contributed by atoms with Gasteiger partial charge in [-0.05, 0) is 62.2 Å². The first kappa shape index (κ1) is 15.3. The molecule has 0 aliphatic heterocycles. The summed E-state index contributed by atoms with van der Waals surface area (Å²) < 4.78 is 0. The van der Waals surface area contributed by atoms with Crippen molar-refractivity contribution in [3.63, 3.8) is 0 Å². The first-order valence-electron chi connectivity index (χ1n) is 6.30. The van der Waals surface area contributed by atoms with Crippen molar-refractivity contribution in [2.75, 3.05) is 5.32 Å². The van der Waals surface area contributed by atoms with Crippen molar-refractivity contribution in [1.82, 2.24) is 5.32 Å². The molecule has 1 rings (SSSR count). The van der Waals surface area contributed by atoms with Crippen LogP contribution in [-0.4, -0.2) is 11.2 Å². The number of nitrogens with one attached hydrogen (secondary N) is 2. The normalized spacial score (nSPS) is 12.3. The molecule has 0 aromatic heterocycles. The molecular weight excluding hydrogens is 264 g/mol. The fourth-order valence-electron chi connectivity index (χ4n) is 1.58. The highest BCUT2D eigenvalue weighted by atomic mass is 35.5. The van der Waals surface area contributed by atoms with Gasteiger partial charge in [0.05, 0.1) is 0 Å². The third-order valence-corrected chi connectivity index (χ3v) is 3.13. The molecule has 0 radical (unpaired) electrons. The van der Waals surface area contributed by atoms with Crippen LogP contribution >= 0.6 is 23.8 Å². The third-order valence-electron chi connectivity index (χ3n) is 2.66. The second-order valence-electron chi connectivity index (χ2n) is 4.98. The van der Waals surface area contributed by atoms with Gasteiger partial charge in [-0.1, -0.05) is 25.4 Å². The number of rotatable bonds is 5. The van der Waals surface area contributed by atoms with Crippen LogP contribution in [-0.2, 0) is 0 Å². The van der Waals surface area contributed by atoms with Crippen LogP contribution in [0.15, 0.2) is 24.3 Å². The van der Waals surface area contributed by atoms with Crippen LogP contribution in [0.5, 0.6) is 0 Å². The number of halogens is 1. The summed E-state index contributed by atoms with van der Waals surface area (Å²) in [6, 6.07) is 7.90. The van der Waals surface area contributed by atoms with E-state index >= 15 is 0 Å². The molecule has 0 unspecified atom stereocenters. The Kier molecular flexibility index (Phi) is 6.44. The molecule has 1 aromatic carbocycles. The molecule has 0 aliphatic rings. The Balaban J connectivity index is 2.34. The molecule has 1 aromatic rings. The number of benzene rings is 1. The number of hydrogen-bond acceptors (Lipinski definition) is 1. The topological polar surface area (TPSA) is 24.1 Å². The highest BCUT2D eigenvalue weighted by Gasteiger charge is 2.05. The van der Waals surface area contributed by atoms with E-state index in [1.807, 2.05) is 24.3 Å². The van der Waals surface area contributed by atoms with Crippen LogP contribution in [0.3, 0.4) is 0 Å². The number of anilines is 1. The summed E-state index contributed by atoms with van der Waals surface area (Å²) in [6.45, 7) is 6.62. The van der Waals surface area contributed by atoms with Crippen molar-refractivity contribution in [3.8, 4) is 0 Å². The van der Waals surface area contributed by atoms with Gasteiger partial charge in [0.2, 0.25) is 0 Å². The van der Waals surface area contributed by atoms with Gasteiger partial charge in [-0.15, -0.1) is 0 Å². The minimum absolute atomic E-state index is 0.389. The summed E-state index contributed by atoms with van der Waals surface area (Å²) in [5.74, 6) is 0.729. The molecule has 0 amide bonds. The van der Waals surface area contributed by atoms with Crippen LogP contribution in [0, 0.1) is 5.92 Å². The Morgan fingerprint density at radius 2 is 1.78 bits per heavy atom. The first-order valence-corrected chi connectivity index (χ1v) is 7.09. The summed E-state index contributed by atoms with van der Waals surface area (Å²) in [6.07, 6.45) is 2.33. The van der Waals surface area contributed by atoms with Crippen molar-refractivity contribution in [3.05, 3.63) is 29.3 Å². The van der Waals surface area contributed by atoms with E-state index in [2.05, 4.69) is 31.4 Å². The van der Waals surface area contributed by atoms with Gasteiger partial charge >= 0.3 is 0 Å². The Morgan fingerprint density at radius 1 is 1.17 bits per heavy atom. The number of hydrogen-bond donors (Lipinski definition) is 2. The number of thiocarbonyl (C=S) groups is 1. The van der Waals surface area contributed by atoms with Crippen LogP contribution < -0.4 is 10.6 Å². The van der Waals surface area contributed by atoms with Gasteiger partial charge in [0.15, 0.2) is 5.11 Å². The molecule has 100 valence electrons. The van der Waals surface area contributed by atoms with Gasteiger partial charge in [0, 0.05) is 16.8 Å². The molecule has 2 nitrogen and oxygen atoms in total. The Bertz CT molecular complexity index is 376. The second kappa shape index (κ2) is 7.59. The molecule has 0 spiro atoms. The monoisotopic (exact) mass is 284 g/mol. The minimum atomic E-state index is 0.389. The molecule has 18 heavy (non-hydrogen) atoms. The smallest absolute Gasteiger partial charge is 0.170 e. The fourth-order valence-corrected chi connectivity index (χ4v) is 2.02. The largest absolute Gasteiger partial charge is 0.360 e. The Hall–Kier alpha value is -0.800. The quantitative estimate of drug-likeness (QED) is 0.781. The van der Waals surface area contributed by atoms with Gasteiger partial charge < -0.3 is 10.6 Å². The Labute approximate surface area is 120 Å². The van der Waals surface area contributed by atoms with Crippen molar-refractivity contribution in [2.24, 2.45) is 5.92 Å². The third kappa shape index (κ3) is 6.22. The van der Waals surface area contributed by atoms with Gasteiger partial charge in [-0.25, -0.2) is 0 Å². The molecule has 0 fully saturated rings. The van der Waals surface area contributed by atoms with Crippen molar-refractivity contribution in [2.45, 2.75) is 39.7 Å². The van der Waals surface area contributed by atoms with Gasteiger partial charge in [-0.2, -0.15) is 0 Å². The summed E-state index contributed by atoms with van der Waals surface area (Å²) in [5, 5.41) is 7.82. The predicted molar refractivity (Wildman–Crippen MR) is 84.3 cm³/mol. The van der Waals surface area contributed by atoms with E-state index in [-0.39, 0.29) is 0 Å². The highest BCUT2D eigenvalue weighted by Crippen LogP contribution is 2.13. The summed E-state index contributed by atoms with van der Waals surface area (Å²) >= 11 is 11.1. The molecule has 0 saturated carbocycles. The Morgan fingerprint density at radius 3 is 2.33 bits per heavy atom. The van der Waals surface area contributed by atoms with E-state index in [4.69, 9.17) is 23.8 Å². The maximum Gasteiger partial charge on any atom is 0.170 e. The maximum atomic E-state index is 5.83. The zero-order valence-electron chi connectivity index (χ0n) is 11.2. The maximum absolute atomic E-state index is 5.83. The summed E-state index contributed by atoms with van der Waals surface area (Å²) in [4.78, 5) is 0. The predicted octanol–water partition coefficient (Wildman–Crippen LogP) is 4.45. The van der Waals surface area contributed by atoms with Crippen molar-refractivity contribution >= 4 is 34.6 Å². The average molecular weight is 285 g/mol. The zero-order chi connectivity index (χ0) is 13.5.